The summed E-state index contributed by atoms with van der Waals surface area (Å²) in [5, 5.41) is 19.7. The highest BCUT2D eigenvalue weighted by molar-refractivity contribution is 6.25. The minimum Gasteiger partial charge on any atom is -0.309 e. The minimum absolute atomic E-state index is 0.637. The van der Waals surface area contributed by atoms with Gasteiger partial charge in [-0.05, 0) is 110 Å². The average Bonchev–Trinajstić information content (AvgIpc) is 3.98. The van der Waals surface area contributed by atoms with Gasteiger partial charge in [0, 0.05) is 40.0 Å². The van der Waals surface area contributed by atoms with Gasteiger partial charge < -0.3 is 4.57 Å². The van der Waals surface area contributed by atoms with E-state index in [2.05, 4.69) is 132 Å². The van der Waals surface area contributed by atoms with Crippen LogP contribution < -0.4 is 0 Å². The molecule has 0 atom stereocenters. The Balaban J connectivity index is 1.07. The largest absolute Gasteiger partial charge is 0.309 e. The van der Waals surface area contributed by atoms with E-state index in [4.69, 9.17) is 20.2 Å². The molecule has 0 unspecified atom stereocenters. The van der Waals surface area contributed by atoms with Crippen LogP contribution in [-0.4, -0.2) is 33.8 Å². The molecule has 0 radical (unpaired) electrons. The molecule has 0 aliphatic rings. The maximum Gasteiger partial charge on any atom is 0.182 e. The van der Waals surface area contributed by atoms with Crippen LogP contribution in [-0.2, 0) is 0 Å². The summed E-state index contributed by atoms with van der Waals surface area (Å²) in [4.78, 5) is 9.81. The van der Waals surface area contributed by atoms with E-state index in [9.17, 15) is 0 Å². The number of pyridine rings is 2. The molecular formula is C48H29N7. The molecule has 0 saturated heterocycles. The summed E-state index contributed by atoms with van der Waals surface area (Å²) in [6, 6.07) is 58.2. The SMILES string of the molecule is c1ccc2c(c1)c1ccccc1c1cc(-c3ccc4c(c3)c3ccccc3n4-c3cc(-c4nc5ccccn5n4)cc(-c4nc5ccccn5n4)c3)ccc21. The molecule has 7 heteroatoms. The molecule has 256 valence electrons. The first kappa shape index (κ1) is 29.9. The molecular weight excluding hydrogens is 675 g/mol. The second-order valence-corrected chi connectivity index (χ2v) is 14.1. The van der Waals surface area contributed by atoms with Crippen LogP contribution in [0.4, 0.5) is 0 Å². The first-order valence-corrected chi connectivity index (χ1v) is 18.4. The average molecular weight is 704 g/mol. The highest BCUT2D eigenvalue weighted by Crippen LogP contribution is 2.40. The maximum absolute atomic E-state index is 4.91. The van der Waals surface area contributed by atoms with Crippen molar-refractivity contribution < 1.29 is 0 Å². The highest BCUT2D eigenvalue weighted by atomic mass is 15.3. The van der Waals surface area contributed by atoms with Crippen molar-refractivity contribution in [3.8, 4) is 39.6 Å². The number of hydrogen-bond donors (Lipinski definition) is 0. The van der Waals surface area contributed by atoms with Crippen LogP contribution in [0.3, 0.4) is 0 Å². The van der Waals surface area contributed by atoms with Crippen molar-refractivity contribution in [1.29, 1.82) is 0 Å². The fraction of sp³-hybridized carbons (Fsp3) is 0. The number of hydrogen-bond acceptors (Lipinski definition) is 4. The molecule has 5 aromatic heterocycles. The van der Waals surface area contributed by atoms with Crippen LogP contribution >= 0.6 is 0 Å². The van der Waals surface area contributed by atoms with Crippen molar-refractivity contribution in [2.45, 2.75) is 0 Å². The zero-order valence-corrected chi connectivity index (χ0v) is 29.4. The zero-order valence-electron chi connectivity index (χ0n) is 29.4. The van der Waals surface area contributed by atoms with Crippen LogP contribution in [0.25, 0.3) is 105 Å². The predicted molar refractivity (Wildman–Crippen MR) is 223 cm³/mol. The summed E-state index contributed by atoms with van der Waals surface area (Å²) >= 11 is 0. The van der Waals surface area contributed by atoms with Gasteiger partial charge in [0.05, 0.1) is 11.0 Å². The summed E-state index contributed by atoms with van der Waals surface area (Å²) in [6.45, 7) is 0. The normalized spacial score (nSPS) is 12.0. The molecule has 5 heterocycles. The number of nitrogens with zero attached hydrogens (tertiary/aromatic N) is 7. The van der Waals surface area contributed by atoms with Gasteiger partial charge in [-0.15, -0.1) is 10.2 Å². The lowest BCUT2D eigenvalue weighted by Crippen LogP contribution is -1.97. The lowest BCUT2D eigenvalue weighted by molar-refractivity contribution is 0.963. The Bertz CT molecular complexity index is 3320. The monoisotopic (exact) mass is 703 g/mol. The summed E-state index contributed by atoms with van der Waals surface area (Å²) < 4.78 is 5.96. The standard InChI is InChI=1S/C48H29N7/c1-2-13-37-35(11-1)36-12-3-4-14-38(36)41-28-30(19-21-39(37)41)31-20-22-44-42(29-31)40-15-5-6-16-43(40)55(44)34-26-32(47-49-45-17-7-9-23-53(45)51-47)25-33(27-34)48-50-46-18-8-10-24-54(46)52-48/h1-29H. The lowest BCUT2D eigenvalue weighted by atomic mass is 9.92. The summed E-state index contributed by atoms with van der Waals surface area (Å²) in [5.74, 6) is 1.27. The van der Waals surface area contributed by atoms with E-state index in [-0.39, 0.29) is 0 Å². The third-order valence-corrected chi connectivity index (χ3v) is 10.9. The fourth-order valence-electron chi connectivity index (χ4n) is 8.42. The van der Waals surface area contributed by atoms with Gasteiger partial charge in [-0.3, -0.25) is 0 Å². The van der Waals surface area contributed by atoms with Gasteiger partial charge >= 0.3 is 0 Å². The molecule has 0 spiro atoms. The van der Waals surface area contributed by atoms with Crippen LogP contribution in [0.1, 0.15) is 0 Å². The van der Waals surface area contributed by atoms with Gasteiger partial charge in [-0.25, -0.2) is 19.0 Å². The van der Waals surface area contributed by atoms with E-state index in [1.54, 1.807) is 0 Å². The molecule has 0 aliphatic heterocycles. The fourth-order valence-corrected chi connectivity index (χ4v) is 8.42. The third-order valence-electron chi connectivity index (χ3n) is 10.9. The van der Waals surface area contributed by atoms with Crippen LogP contribution in [0, 0.1) is 0 Å². The second kappa shape index (κ2) is 11.4. The van der Waals surface area contributed by atoms with E-state index in [0.29, 0.717) is 11.6 Å². The van der Waals surface area contributed by atoms with Crippen molar-refractivity contribution in [3.05, 3.63) is 176 Å². The lowest BCUT2D eigenvalue weighted by Gasteiger charge is -2.13. The smallest absolute Gasteiger partial charge is 0.182 e. The van der Waals surface area contributed by atoms with Crippen molar-refractivity contribution in [3.63, 3.8) is 0 Å². The number of benzene rings is 7. The Hall–Kier alpha value is -7.64. The van der Waals surface area contributed by atoms with Gasteiger partial charge in [-0.1, -0.05) is 97.1 Å². The Morgan fingerprint density at radius 3 is 1.40 bits per heavy atom. The first-order chi connectivity index (χ1) is 27.2. The first-order valence-electron chi connectivity index (χ1n) is 18.4. The highest BCUT2D eigenvalue weighted by Gasteiger charge is 2.19. The van der Waals surface area contributed by atoms with Crippen molar-refractivity contribution >= 4 is 65.4 Å². The Morgan fingerprint density at radius 2 is 0.800 bits per heavy atom. The van der Waals surface area contributed by atoms with Gasteiger partial charge in [0.25, 0.3) is 0 Å². The molecule has 0 saturated carbocycles. The predicted octanol–water partition coefficient (Wildman–Crippen LogP) is 11.3. The molecule has 7 aromatic carbocycles. The topological polar surface area (TPSA) is 65.3 Å². The Kier molecular flexibility index (Phi) is 6.21. The molecule has 12 aromatic rings. The van der Waals surface area contributed by atoms with E-state index in [0.717, 1.165) is 39.1 Å². The molecule has 0 fully saturated rings. The van der Waals surface area contributed by atoms with Crippen LogP contribution in [0.15, 0.2) is 176 Å². The van der Waals surface area contributed by atoms with Crippen LogP contribution in [0.2, 0.25) is 0 Å². The molecule has 55 heavy (non-hydrogen) atoms. The Morgan fingerprint density at radius 1 is 0.327 bits per heavy atom. The molecule has 0 aliphatic carbocycles. The minimum atomic E-state index is 0.637. The van der Waals surface area contributed by atoms with Gasteiger partial charge in [0.2, 0.25) is 0 Å². The van der Waals surface area contributed by atoms with E-state index in [1.165, 1.54) is 54.2 Å². The van der Waals surface area contributed by atoms with Crippen molar-refractivity contribution in [2.24, 2.45) is 0 Å². The van der Waals surface area contributed by atoms with Gasteiger partial charge in [0.1, 0.15) is 0 Å². The Labute approximate surface area is 314 Å². The number of fused-ring (bicyclic) bond motifs is 11. The molecule has 7 nitrogen and oxygen atoms in total. The van der Waals surface area contributed by atoms with Crippen molar-refractivity contribution in [1.82, 2.24) is 33.8 Å². The summed E-state index contributed by atoms with van der Waals surface area (Å²) in [5.41, 5.74) is 8.90. The van der Waals surface area contributed by atoms with Crippen molar-refractivity contribution in [2.75, 3.05) is 0 Å². The molecule has 12 rings (SSSR count). The maximum atomic E-state index is 4.91. The molecule has 0 bridgehead atoms. The molecule has 0 amide bonds. The zero-order chi connectivity index (χ0) is 36.0. The number of para-hydroxylation sites is 1. The molecule has 0 N–H and O–H groups in total. The quantitative estimate of drug-likeness (QED) is 0.171. The van der Waals surface area contributed by atoms with E-state index in [1.807, 2.05) is 57.8 Å². The van der Waals surface area contributed by atoms with Gasteiger partial charge in [-0.2, -0.15) is 0 Å². The number of aromatic nitrogens is 7. The summed E-state index contributed by atoms with van der Waals surface area (Å²) in [6.07, 6.45) is 3.84. The number of rotatable bonds is 4. The van der Waals surface area contributed by atoms with Crippen LogP contribution in [0.5, 0.6) is 0 Å². The van der Waals surface area contributed by atoms with Gasteiger partial charge in [0.15, 0.2) is 22.9 Å². The van der Waals surface area contributed by atoms with E-state index < -0.39 is 0 Å². The summed E-state index contributed by atoms with van der Waals surface area (Å²) in [7, 11) is 0. The third kappa shape index (κ3) is 4.57. The second-order valence-electron chi connectivity index (χ2n) is 14.1. The van der Waals surface area contributed by atoms with E-state index >= 15 is 0 Å².